The third-order valence-electron chi connectivity index (χ3n) is 9.53. The number of nitrogens with one attached hydrogen (secondary N) is 2. The van der Waals surface area contributed by atoms with Crippen molar-refractivity contribution in [3.05, 3.63) is 72.8 Å². The van der Waals surface area contributed by atoms with Gasteiger partial charge in [-0.2, -0.15) is 10.1 Å². The Morgan fingerprint density at radius 3 is 1.50 bits per heavy atom. The number of benzene rings is 2. The van der Waals surface area contributed by atoms with Crippen LogP contribution in [-0.2, 0) is 7.05 Å². The van der Waals surface area contributed by atoms with Crippen LogP contribution in [0.4, 0.5) is 21.2 Å². The van der Waals surface area contributed by atoms with E-state index in [1.165, 1.54) is 85.3 Å². The van der Waals surface area contributed by atoms with Gasteiger partial charge in [-0.15, -0.1) is 9.89 Å². The number of carbonyl (C=O) groups is 2. The van der Waals surface area contributed by atoms with E-state index in [0.717, 1.165) is 48.9 Å². The molecule has 0 bridgehead atoms. The summed E-state index contributed by atoms with van der Waals surface area (Å²) in [5.41, 5.74) is 3.19. The standard InChI is InChI=1S/C42H62N8O2/c1-5-7-9-11-13-15-17-25-31-43-41(51)47(3)39-33-38(36-29-23-20-24-30-36)46-50(39)49(42(52)44-32-26-18-16-14-12-10-8-6-2)40-34-37(45-48(40)4)35-27-21-19-22-28-35/h19-24,27-30,33-34H,5-18,25-26,31-32H2,1-4H3,(H,43,51)(H,44,52). The van der Waals surface area contributed by atoms with Gasteiger partial charge in [0.25, 0.3) is 0 Å². The molecular formula is C42H62N8O2. The molecule has 2 N–H and O–H groups in total. The van der Waals surface area contributed by atoms with E-state index in [9.17, 15) is 9.59 Å². The number of carbonyl (C=O) groups excluding carboxylic acids is 2. The van der Waals surface area contributed by atoms with E-state index in [1.807, 2.05) is 79.8 Å². The van der Waals surface area contributed by atoms with Crippen LogP contribution >= 0.6 is 0 Å². The van der Waals surface area contributed by atoms with Gasteiger partial charge in [-0.3, -0.25) is 9.58 Å². The van der Waals surface area contributed by atoms with Crippen LogP contribution in [0.1, 0.15) is 117 Å². The highest BCUT2D eigenvalue weighted by atomic mass is 16.2. The maximum atomic E-state index is 14.3. The smallest absolute Gasteiger partial charge is 0.338 e. The zero-order valence-electron chi connectivity index (χ0n) is 32.2. The first-order valence-corrected chi connectivity index (χ1v) is 19.8. The number of urea groups is 2. The summed E-state index contributed by atoms with van der Waals surface area (Å²) in [5, 5.41) is 17.5. The average molecular weight is 711 g/mol. The van der Waals surface area contributed by atoms with Crippen LogP contribution in [-0.4, -0.2) is 51.9 Å². The summed E-state index contributed by atoms with van der Waals surface area (Å²) >= 11 is 0. The molecule has 0 aliphatic rings. The molecule has 4 amide bonds. The van der Waals surface area contributed by atoms with Crippen LogP contribution in [0.5, 0.6) is 0 Å². The molecule has 282 valence electrons. The van der Waals surface area contributed by atoms with Crippen molar-refractivity contribution in [2.45, 2.75) is 117 Å². The van der Waals surface area contributed by atoms with Crippen molar-refractivity contribution < 1.29 is 9.59 Å². The third-order valence-corrected chi connectivity index (χ3v) is 9.53. The Hall–Kier alpha value is -4.60. The van der Waals surface area contributed by atoms with E-state index in [4.69, 9.17) is 10.2 Å². The minimum atomic E-state index is -0.345. The lowest BCUT2D eigenvalue weighted by Crippen LogP contribution is -2.47. The SMILES string of the molecule is CCCCCCCCCCNC(=O)N(C)c1cc(-c2ccccc2)nn1N(C(=O)NCCCCCCCCCC)c1cc(-c2ccccc2)nn1C. The average Bonchev–Trinajstić information content (AvgIpc) is 3.78. The Morgan fingerprint density at radius 2 is 1.00 bits per heavy atom. The molecule has 0 aliphatic heterocycles. The molecule has 0 saturated carbocycles. The van der Waals surface area contributed by atoms with Gasteiger partial charge >= 0.3 is 12.1 Å². The first kappa shape index (κ1) is 40.2. The first-order chi connectivity index (χ1) is 25.4. The number of aryl methyl sites for hydroxylation is 1. The number of nitrogens with zero attached hydrogens (tertiary/aromatic N) is 6. The third kappa shape index (κ3) is 12.3. The van der Waals surface area contributed by atoms with Gasteiger partial charge in [0.2, 0.25) is 0 Å². The number of unbranched alkanes of at least 4 members (excludes halogenated alkanes) is 14. The predicted molar refractivity (Wildman–Crippen MR) is 215 cm³/mol. The first-order valence-electron chi connectivity index (χ1n) is 19.8. The van der Waals surface area contributed by atoms with E-state index >= 15 is 0 Å². The summed E-state index contributed by atoms with van der Waals surface area (Å²) in [6.45, 7) is 5.59. The lowest BCUT2D eigenvalue weighted by atomic mass is 10.1. The molecule has 2 aromatic carbocycles. The molecule has 0 aliphatic carbocycles. The van der Waals surface area contributed by atoms with E-state index in [-0.39, 0.29) is 12.1 Å². The van der Waals surface area contributed by atoms with Crippen LogP contribution in [0.3, 0.4) is 0 Å². The molecule has 0 saturated heterocycles. The molecule has 0 spiro atoms. The monoisotopic (exact) mass is 710 g/mol. The summed E-state index contributed by atoms with van der Waals surface area (Å²) in [6.07, 6.45) is 19.0. The summed E-state index contributed by atoms with van der Waals surface area (Å²) in [7, 11) is 3.54. The molecule has 0 unspecified atom stereocenters. The van der Waals surface area contributed by atoms with Crippen molar-refractivity contribution >= 4 is 23.7 Å². The lowest BCUT2D eigenvalue weighted by Gasteiger charge is -2.27. The lowest BCUT2D eigenvalue weighted by molar-refractivity contribution is 0.241. The summed E-state index contributed by atoms with van der Waals surface area (Å²) < 4.78 is 1.69. The Balaban J connectivity index is 1.57. The van der Waals surface area contributed by atoms with E-state index in [0.29, 0.717) is 30.4 Å². The zero-order valence-corrected chi connectivity index (χ0v) is 32.2. The quantitative estimate of drug-likeness (QED) is 0.0749. The van der Waals surface area contributed by atoms with Gasteiger partial charge in [0.15, 0.2) is 11.6 Å². The van der Waals surface area contributed by atoms with Crippen molar-refractivity contribution in [2.24, 2.45) is 7.05 Å². The molecule has 10 heteroatoms. The number of hydrogen-bond acceptors (Lipinski definition) is 4. The Labute approximate surface area is 311 Å². The molecule has 52 heavy (non-hydrogen) atoms. The summed E-state index contributed by atoms with van der Waals surface area (Å²) in [4.78, 5) is 31.0. The fourth-order valence-corrected chi connectivity index (χ4v) is 6.39. The Morgan fingerprint density at radius 1 is 0.577 bits per heavy atom. The van der Waals surface area contributed by atoms with Gasteiger partial charge in [-0.25, -0.2) is 9.59 Å². The highest BCUT2D eigenvalue weighted by Crippen LogP contribution is 2.29. The van der Waals surface area contributed by atoms with Crippen LogP contribution in [0, 0.1) is 0 Å². The van der Waals surface area contributed by atoms with E-state index in [2.05, 4.69) is 24.5 Å². The second-order valence-electron chi connectivity index (χ2n) is 13.8. The molecular weight excluding hydrogens is 649 g/mol. The largest absolute Gasteiger partial charge is 0.344 e. The zero-order chi connectivity index (χ0) is 37.0. The minimum absolute atomic E-state index is 0.252. The van der Waals surface area contributed by atoms with Gasteiger partial charge in [0.1, 0.15) is 0 Å². The van der Waals surface area contributed by atoms with E-state index < -0.39 is 0 Å². The number of aromatic nitrogens is 4. The Kier molecular flexibility index (Phi) is 17.3. The van der Waals surface area contributed by atoms with Gasteiger partial charge in [0.05, 0.1) is 11.4 Å². The molecule has 4 aromatic rings. The number of rotatable bonds is 23. The summed E-state index contributed by atoms with van der Waals surface area (Å²) in [5.74, 6) is 0.973. The number of anilines is 2. The molecule has 0 fully saturated rings. The highest BCUT2D eigenvalue weighted by Gasteiger charge is 2.29. The molecule has 4 rings (SSSR count). The van der Waals surface area contributed by atoms with Gasteiger partial charge < -0.3 is 10.6 Å². The second kappa shape index (κ2) is 22.4. The predicted octanol–water partition coefficient (Wildman–Crippen LogP) is 10.4. The van der Waals surface area contributed by atoms with Gasteiger partial charge in [-0.1, -0.05) is 164 Å². The normalized spacial score (nSPS) is 11.1. The topological polar surface area (TPSA) is 100 Å². The van der Waals surface area contributed by atoms with Crippen LogP contribution < -0.4 is 20.5 Å². The Bertz CT molecular complexity index is 1600. The van der Waals surface area contributed by atoms with Crippen molar-refractivity contribution in [3.63, 3.8) is 0 Å². The van der Waals surface area contributed by atoms with Gasteiger partial charge in [0, 0.05) is 50.4 Å². The van der Waals surface area contributed by atoms with Crippen molar-refractivity contribution in [1.29, 1.82) is 0 Å². The molecule has 0 radical (unpaired) electrons. The van der Waals surface area contributed by atoms with Crippen LogP contribution in [0.2, 0.25) is 0 Å². The molecule has 10 nitrogen and oxygen atoms in total. The fraction of sp³-hybridized carbons (Fsp3) is 0.524. The van der Waals surface area contributed by atoms with Crippen molar-refractivity contribution in [2.75, 3.05) is 30.0 Å². The van der Waals surface area contributed by atoms with Crippen molar-refractivity contribution in [3.8, 4) is 22.5 Å². The molecule has 2 aromatic heterocycles. The summed E-state index contributed by atoms with van der Waals surface area (Å²) in [6, 6.07) is 22.9. The number of hydrogen-bond donors (Lipinski definition) is 2. The van der Waals surface area contributed by atoms with E-state index in [1.54, 1.807) is 11.7 Å². The van der Waals surface area contributed by atoms with Crippen LogP contribution in [0.25, 0.3) is 22.5 Å². The van der Waals surface area contributed by atoms with Crippen molar-refractivity contribution in [1.82, 2.24) is 30.3 Å². The fourth-order valence-electron chi connectivity index (χ4n) is 6.39. The molecule has 0 atom stereocenters. The highest BCUT2D eigenvalue weighted by molar-refractivity contribution is 5.95. The van der Waals surface area contributed by atoms with Crippen LogP contribution in [0.15, 0.2) is 72.8 Å². The van der Waals surface area contributed by atoms with Gasteiger partial charge in [-0.05, 0) is 12.8 Å². The number of amides is 4. The maximum absolute atomic E-state index is 14.3. The maximum Gasteiger partial charge on any atom is 0.344 e. The second-order valence-corrected chi connectivity index (χ2v) is 13.8. The minimum Gasteiger partial charge on any atom is -0.338 e. The molecule has 2 heterocycles.